The molecule has 1 saturated carbocycles. The van der Waals surface area contributed by atoms with Crippen LogP contribution >= 0.6 is 0 Å². The molecule has 0 unspecified atom stereocenters. The lowest BCUT2D eigenvalue weighted by Crippen LogP contribution is -2.50. The minimum Gasteiger partial charge on any atom is -0.497 e. The van der Waals surface area contributed by atoms with Crippen LogP contribution in [0, 0.1) is 11.8 Å². The molecule has 206 valence electrons. The highest BCUT2D eigenvalue weighted by atomic mass is 32.2. The van der Waals surface area contributed by atoms with Crippen molar-refractivity contribution in [3.05, 3.63) is 48.0 Å². The number of fused-ring (bicyclic) bond motifs is 1. The number of anilines is 1. The molecule has 10 nitrogen and oxygen atoms in total. The second kappa shape index (κ2) is 11.3. The monoisotopic (exact) mass is 545 g/mol. The number of hydrogen-bond donors (Lipinski definition) is 2. The second-order valence-corrected chi connectivity index (χ2v) is 12.1. The quantitative estimate of drug-likeness (QED) is 0.496. The maximum absolute atomic E-state index is 13.6. The lowest BCUT2D eigenvalue weighted by atomic mass is 9.99. The van der Waals surface area contributed by atoms with E-state index >= 15 is 0 Å². The van der Waals surface area contributed by atoms with E-state index in [2.05, 4.69) is 5.32 Å². The second-order valence-electron chi connectivity index (χ2n) is 10.0. The minimum atomic E-state index is -3.86. The maximum atomic E-state index is 13.6. The van der Waals surface area contributed by atoms with Crippen molar-refractivity contribution >= 4 is 27.5 Å². The van der Waals surface area contributed by atoms with Gasteiger partial charge < -0.3 is 24.8 Å². The van der Waals surface area contributed by atoms with Crippen LogP contribution in [0.3, 0.4) is 0 Å². The van der Waals surface area contributed by atoms with Gasteiger partial charge in [0.2, 0.25) is 15.9 Å². The molecule has 1 aliphatic heterocycles. The molecular formula is C27H35N3O7S. The van der Waals surface area contributed by atoms with Crippen LogP contribution in [0.2, 0.25) is 0 Å². The molecule has 0 spiro atoms. The van der Waals surface area contributed by atoms with Crippen molar-refractivity contribution < 1.29 is 32.6 Å². The van der Waals surface area contributed by atoms with Gasteiger partial charge in [-0.15, -0.1) is 0 Å². The summed E-state index contributed by atoms with van der Waals surface area (Å²) in [6, 6.07) is 10.6. The van der Waals surface area contributed by atoms with E-state index < -0.39 is 22.2 Å². The third kappa shape index (κ3) is 5.79. The summed E-state index contributed by atoms with van der Waals surface area (Å²) in [5.74, 6) is -0.0788. The number of carbonyl (C=O) groups is 2. The summed E-state index contributed by atoms with van der Waals surface area (Å²) in [7, 11) is -0.866. The summed E-state index contributed by atoms with van der Waals surface area (Å²) in [6.45, 7) is 3.64. The van der Waals surface area contributed by atoms with E-state index in [-0.39, 0.29) is 59.6 Å². The molecule has 0 saturated heterocycles. The summed E-state index contributed by atoms with van der Waals surface area (Å²) in [6.07, 6.45) is 0.971. The van der Waals surface area contributed by atoms with E-state index in [1.807, 2.05) is 6.92 Å². The first-order valence-electron chi connectivity index (χ1n) is 12.7. The fourth-order valence-corrected chi connectivity index (χ4v) is 5.60. The van der Waals surface area contributed by atoms with Crippen LogP contribution in [0.25, 0.3) is 0 Å². The predicted octanol–water partition coefficient (Wildman–Crippen LogP) is 2.58. The number of nitrogens with zero attached hydrogens (tertiary/aromatic N) is 2. The van der Waals surface area contributed by atoms with E-state index in [9.17, 15) is 23.1 Å². The molecule has 2 aromatic rings. The molecule has 38 heavy (non-hydrogen) atoms. The van der Waals surface area contributed by atoms with Crippen LogP contribution in [0.5, 0.6) is 11.5 Å². The molecule has 1 heterocycles. The van der Waals surface area contributed by atoms with Gasteiger partial charge in [0.05, 0.1) is 42.4 Å². The number of nitrogens with one attached hydrogen (secondary N) is 1. The van der Waals surface area contributed by atoms with Crippen molar-refractivity contribution in [3.63, 3.8) is 0 Å². The number of rotatable bonds is 9. The summed E-state index contributed by atoms with van der Waals surface area (Å²) in [5, 5.41) is 12.7. The normalized spacial score (nSPS) is 20.7. The highest BCUT2D eigenvalue weighted by Crippen LogP contribution is 2.37. The van der Waals surface area contributed by atoms with Crippen molar-refractivity contribution in [2.75, 3.05) is 39.2 Å². The number of aliphatic hydroxyl groups excluding tert-OH is 1. The first-order chi connectivity index (χ1) is 18.1. The van der Waals surface area contributed by atoms with Crippen molar-refractivity contribution in [2.45, 2.75) is 43.7 Å². The topological polar surface area (TPSA) is 125 Å². The molecule has 0 radical (unpaired) electrons. The zero-order valence-corrected chi connectivity index (χ0v) is 22.9. The zero-order chi connectivity index (χ0) is 27.6. The van der Waals surface area contributed by atoms with E-state index in [1.54, 1.807) is 42.2 Å². The number of likely N-dealkylation sites (N-methyl/N-ethyl adjacent to an activating group) is 1. The predicted molar refractivity (Wildman–Crippen MR) is 142 cm³/mol. The summed E-state index contributed by atoms with van der Waals surface area (Å²) in [5.41, 5.74) is 0.612. The van der Waals surface area contributed by atoms with Gasteiger partial charge in [-0.2, -0.15) is 4.31 Å². The van der Waals surface area contributed by atoms with Gasteiger partial charge >= 0.3 is 0 Å². The molecule has 4 rings (SSSR count). The Morgan fingerprint density at radius 1 is 1.24 bits per heavy atom. The van der Waals surface area contributed by atoms with Gasteiger partial charge in [-0.25, -0.2) is 8.42 Å². The van der Waals surface area contributed by atoms with Gasteiger partial charge in [-0.1, -0.05) is 13.0 Å². The lowest BCUT2D eigenvalue weighted by molar-refractivity contribution is -0.117. The highest BCUT2D eigenvalue weighted by molar-refractivity contribution is 7.89. The summed E-state index contributed by atoms with van der Waals surface area (Å²) in [4.78, 5) is 27.8. The van der Waals surface area contributed by atoms with Crippen molar-refractivity contribution in [2.24, 2.45) is 11.8 Å². The largest absolute Gasteiger partial charge is 0.497 e. The first kappa shape index (κ1) is 27.9. The Kier molecular flexibility index (Phi) is 8.29. The molecule has 2 N–H and O–H groups in total. The fourth-order valence-electron chi connectivity index (χ4n) is 4.42. The molecular weight excluding hydrogens is 510 g/mol. The van der Waals surface area contributed by atoms with Crippen LogP contribution < -0.4 is 14.8 Å². The molecule has 2 aromatic carbocycles. The molecule has 1 fully saturated rings. The SMILES string of the molecule is COc1ccc(S(=O)(=O)N(C)C[C@@H]2Oc3c(NC(=O)C4CC4)cccc3C(=O)N([C@@H](C)CO)C[C@H]2C)cc1. The van der Waals surface area contributed by atoms with Crippen molar-refractivity contribution in [1.82, 2.24) is 9.21 Å². The first-order valence-corrected chi connectivity index (χ1v) is 14.1. The third-order valence-corrected chi connectivity index (χ3v) is 8.94. The standard InChI is InChI=1S/C27H35N3O7S/c1-17-14-30(18(2)16-31)27(33)22-6-5-7-23(28-26(32)19-8-9-19)25(22)37-24(17)15-29(3)38(34,35)21-12-10-20(36-4)11-13-21/h5-7,10-13,17-19,24,31H,8-9,14-16H2,1-4H3,(H,28,32)/t17-,18+,24+/m1/s1. The zero-order valence-electron chi connectivity index (χ0n) is 22.1. The van der Waals surface area contributed by atoms with E-state index in [1.165, 1.54) is 30.6 Å². The number of para-hydroxylation sites is 1. The molecule has 2 amide bonds. The van der Waals surface area contributed by atoms with Crippen molar-refractivity contribution in [3.8, 4) is 11.5 Å². The maximum Gasteiger partial charge on any atom is 0.258 e. The van der Waals surface area contributed by atoms with Gasteiger partial charge in [0, 0.05) is 25.4 Å². The van der Waals surface area contributed by atoms with Gasteiger partial charge in [-0.3, -0.25) is 9.59 Å². The van der Waals surface area contributed by atoms with E-state index in [0.717, 1.165) is 12.8 Å². The molecule has 0 bridgehead atoms. The number of benzene rings is 2. The Morgan fingerprint density at radius 3 is 2.53 bits per heavy atom. The highest BCUT2D eigenvalue weighted by Gasteiger charge is 2.37. The summed E-state index contributed by atoms with van der Waals surface area (Å²) >= 11 is 0. The molecule has 2 aliphatic rings. The van der Waals surface area contributed by atoms with Crippen LogP contribution in [-0.2, 0) is 14.8 Å². The van der Waals surface area contributed by atoms with Gasteiger partial charge in [-0.05, 0) is 56.2 Å². The number of ether oxygens (including phenoxy) is 2. The Bertz CT molecular complexity index is 1280. The van der Waals surface area contributed by atoms with Crippen LogP contribution in [0.1, 0.15) is 37.0 Å². The lowest BCUT2D eigenvalue weighted by Gasteiger charge is -2.38. The van der Waals surface area contributed by atoms with Crippen LogP contribution in [0.15, 0.2) is 47.4 Å². The molecule has 1 aliphatic carbocycles. The number of carbonyl (C=O) groups excluding carboxylic acids is 2. The molecule has 11 heteroatoms. The average molecular weight is 546 g/mol. The Balaban J connectivity index is 1.68. The third-order valence-electron chi connectivity index (χ3n) is 7.10. The number of hydrogen-bond acceptors (Lipinski definition) is 7. The molecule has 3 atom stereocenters. The number of methoxy groups -OCH3 is 1. The molecule has 0 aromatic heterocycles. The van der Waals surface area contributed by atoms with Gasteiger partial charge in [0.25, 0.3) is 5.91 Å². The van der Waals surface area contributed by atoms with Crippen molar-refractivity contribution in [1.29, 1.82) is 0 Å². The van der Waals surface area contributed by atoms with E-state index in [0.29, 0.717) is 11.4 Å². The Morgan fingerprint density at radius 2 is 1.92 bits per heavy atom. The Labute approximate surface area is 223 Å². The number of amides is 2. The number of sulfonamides is 1. The van der Waals surface area contributed by atoms with E-state index in [4.69, 9.17) is 9.47 Å². The fraction of sp³-hybridized carbons (Fsp3) is 0.481. The Hall–Kier alpha value is -3.15. The van der Waals surface area contributed by atoms with Crippen LogP contribution in [0.4, 0.5) is 5.69 Å². The van der Waals surface area contributed by atoms with Crippen LogP contribution in [-0.4, -0.2) is 80.5 Å². The summed E-state index contributed by atoms with van der Waals surface area (Å²) < 4.78 is 39.5. The minimum absolute atomic E-state index is 0.00455. The number of aliphatic hydroxyl groups is 1. The van der Waals surface area contributed by atoms with Gasteiger partial charge in [0.1, 0.15) is 11.9 Å². The van der Waals surface area contributed by atoms with Gasteiger partial charge in [0.15, 0.2) is 5.75 Å². The average Bonchev–Trinajstić information content (AvgIpc) is 3.76. The smallest absolute Gasteiger partial charge is 0.258 e.